The highest BCUT2D eigenvalue weighted by Crippen LogP contribution is 2.14. The summed E-state index contributed by atoms with van der Waals surface area (Å²) in [6, 6.07) is 5.43. The summed E-state index contributed by atoms with van der Waals surface area (Å²) >= 11 is 11.1. The first-order chi connectivity index (χ1) is 6.65. The van der Waals surface area contributed by atoms with E-state index in [-0.39, 0.29) is 11.7 Å². The Hall–Kier alpha value is -0.730. The van der Waals surface area contributed by atoms with Crippen molar-refractivity contribution in [1.29, 1.82) is 0 Å². The fourth-order valence-corrected chi connectivity index (χ4v) is 1.49. The van der Waals surface area contributed by atoms with Crippen molar-refractivity contribution in [2.75, 3.05) is 11.6 Å². The molecule has 2 N–H and O–H groups in total. The Balaban J connectivity index is 2.86. The third kappa shape index (κ3) is 3.20. The molecular weight excluding hydrogens is 221 g/mol. The molecule has 4 heteroatoms. The molecule has 0 unspecified atom stereocenters. The zero-order valence-corrected chi connectivity index (χ0v) is 9.11. The van der Waals surface area contributed by atoms with Gasteiger partial charge in [-0.25, -0.2) is 0 Å². The molecule has 76 valence electrons. The van der Waals surface area contributed by atoms with Gasteiger partial charge in [-0.15, -0.1) is 23.2 Å². The van der Waals surface area contributed by atoms with Crippen molar-refractivity contribution in [2.45, 2.75) is 12.3 Å². The highest BCUT2D eigenvalue weighted by atomic mass is 35.5. The predicted molar refractivity (Wildman–Crippen MR) is 59.8 cm³/mol. The molecule has 1 rings (SSSR count). The van der Waals surface area contributed by atoms with Crippen LogP contribution in [0, 0.1) is 0 Å². The van der Waals surface area contributed by atoms with E-state index < -0.39 is 0 Å². The van der Waals surface area contributed by atoms with Crippen molar-refractivity contribution in [2.24, 2.45) is 0 Å². The summed E-state index contributed by atoms with van der Waals surface area (Å²) in [7, 11) is 0. The first-order valence-electron chi connectivity index (χ1n) is 4.17. The summed E-state index contributed by atoms with van der Waals surface area (Å²) in [5.74, 6) is 0.413. The lowest BCUT2D eigenvalue weighted by Crippen LogP contribution is -2.04. The number of carbonyl (C=O) groups is 1. The molecule has 0 aliphatic carbocycles. The van der Waals surface area contributed by atoms with Crippen LogP contribution in [0.2, 0.25) is 0 Å². The van der Waals surface area contributed by atoms with Gasteiger partial charge in [-0.3, -0.25) is 4.79 Å². The van der Waals surface area contributed by atoms with Crippen LogP contribution in [0.1, 0.15) is 11.1 Å². The molecule has 1 aromatic rings. The number of rotatable bonds is 4. The van der Waals surface area contributed by atoms with Crippen LogP contribution in [0.4, 0.5) is 5.69 Å². The summed E-state index contributed by atoms with van der Waals surface area (Å²) in [6.07, 6.45) is 0.318. The second kappa shape index (κ2) is 5.23. The van der Waals surface area contributed by atoms with Crippen LogP contribution >= 0.6 is 23.2 Å². The Bertz CT molecular complexity index is 339. The lowest BCUT2D eigenvalue weighted by Gasteiger charge is -2.03. The van der Waals surface area contributed by atoms with Crippen LogP contribution in [0.5, 0.6) is 0 Å². The van der Waals surface area contributed by atoms with Crippen molar-refractivity contribution in [3.63, 3.8) is 0 Å². The number of benzene rings is 1. The van der Waals surface area contributed by atoms with E-state index in [0.717, 1.165) is 11.1 Å². The number of nitrogen functional groups attached to an aromatic ring is 1. The summed E-state index contributed by atoms with van der Waals surface area (Å²) in [5, 5.41) is 0. The number of ketones is 1. The molecule has 0 aliphatic rings. The number of anilines is 1. The summed E-state index contributed by atoms with van der Waals surface area (Å²) in [6.45, 7) is 0. The third-order valence-corrected chi connectivity index (χ3v) is 2.39. The molecule has 0 aromatic heterocycles. The number of hydrogen-bond donors (Lipinski definition) is 1. The third-order valence-electron chi connectivity index (χ3n) is 1.78. The van der Waals surface area contributed by atoms with Crippen LogP contribution < -0.4 is 5.73 Å². The average molecular weight is 232 g/mol. The second-order valence-electron chi connectivity index (χ2n) is 3.07. The SMILES string of the molecule is Nc1cc(CCl)cc(CC(=O)CCl)c1. The van der Waals surface area contributed by atoms with Gasteiger partial charge in [0.15, 0.2) is 5.78 Å². The molecule has 0 fully saturated rings. The molecule has 0 spiro atoms. The number of halogens is 2. The maximum absolute atomic E-state index is 11.1. The van der Waals surface area contributed by atoms with Crippen LogP contribution in [-0.2, 0) is 17.1 Å². The average Bonchev–Trinajstić information content (AvgIpc) is 2.16. The molecule has 0 saturated heterocycles. The Labute approximate surface area is 93.0 Å². The fraction of sp³-hybridized carbons (Fsp3) is 0.300. The largest absolute Gasteiger partial charge is 0.399 e. The number of alkyl halides is 2. The van der Waals surface area contributed by atoms with E-state index in [1.165, 1.54) is 0 Å². The number of hydrogen-bond acceptors (Lipinski definition) is 2. The Morgan fingerprint density at radius 3 is 2.43 bits per heavy atom. The van der Waals surface area contributed by atoms with E-state index in [0.29, 0.717) is 18.0 Å². The Morgan fingerprint density at radius 1 is 1.21 bits per heavy atom. The quantitative estimate of drug-likeness (QED) is 0.639. The first kappa shape index (κ1) is 11.3. The summed E-state index contributed by atoms with van der Waals surface area (Å²) < 4.78 is 0. The molecule has 0 atom stereocenters. The second-order valence-corrected chi connectivity index (χ2v) is 3.60. The molecule has 0 aliphatic heterocycles. The van der Waals surface area contributed by atoms with E-state index in [1.54, 1.807) is 12.1 Å². The van der Waals surface area contributed by atoms with Crippen molar-refractivity contribution in [3.8, 4) is 0 Å². The van der Waals surface area contributed by atoms with Gasteiger partial charge in [0.25, 0.3) is 0 Å². The Kier molecular flexibility index (Phi) is 4.23. The normalized spacial score (nSPS) is 10.1. The maximum atomic E-state index is 11.1. The molecule has 14 heavy (non-hydrogen) atoms. The topological polar surface area (TPSA) is 43.1 Å². The molecule has 0 saturated carbocycles. The highest BCUT2D eigenvalue weighted by Gasteiger charge is 2.04. The number of Topliss-reactive ketones (excluding diaryl/α,β-unsaturated/α-hetero) is 1. The van der Waals surface area contributed by atoms with E-state index in [9.17, 15) is 4.79 Å². The minimum atomic E-state index is -0.0159. The number of carbonyl (C=O) groups excluding carboxylic acids is 1. The van der Waals surface area contributed by atoms with Gasteiger partial charge in [0, 0.05) is 18.0 Å². The van der Waals surface area contributed by atoms with Crippen molar-refractivity contribution in [3.05, 3.63) is 29.3 Å². The van der Waals surface area contributed by atoms with Crippen LogP contribution in [0.25, 0.3) is 0 Å². The highest BCUT2D eigenvalue weighted by molar-refractivity contribution is 6.27. The van der Waals surface area contributed by atoms with Gasteiger partial charge >= 0.3 is 0 Å². The first-order valence-corrected chi connectivity index (χ1v) is 5.24. The van der Waals surface area contributed by atoms with Gasteiger partial charge in [0.2, 0.25) is 0 Å². The number of nitrogens with two attached hydrogens (primary N) is 1. The smallest absolute Gasteiger partial charge is 0.151 e. The molecule has 0 amide bonds. The van der Waals surface area contributed by atoms with Crippen LogP contribution in [0.3, 0.4) is 0 Å². The maximum Gasteiger partial charge on any atom is 0.151 e. The lowest BCUT2D eigenvalue weighted by atomic mass is 10.1. The molecule has 1 aromatic carbocycles. The van der Waals surface area contributed by atoms with E-state index >= 15 is 0 Å². The van der Waals surface area contributed by atoms with Crippen molar-refractivity contribution < 1.29 is 4.79 Å². The fourth-order valence-electron chi connectivity index (χ4n) is 1.25. The van der Waals surface area contributed by atoms with Crippen LogP contribution in [0.15, 0.2) is 18.2 Å². The monoisotopic (exact) mass is 231 g/mol. The van der Waals surface area contributed by atoms with Gasteiger partial charge < -0.3 is 5.73 Å². The molecule has 0 radical (unpaired) electrons. The minimum Gasteiger partial charge on any atom is -0.399 e. The van der Waals surface area contributed by atoms with Gasteiger partial charge in [0.05, 0.1) is 5.88 Å². The van der Waals surface area contributed by atoms with Crippen LogP contribution in [-0.4, -0.2) is 11.7 Å². The van der Waals surface area contributed by atoms with Crippen molar-refractivity contribution in [1.82, 2.24) is 0 Å². The standard InChI is InChI=1S/C10H11Cl2NO/c11-5-8-1-7(2-9(13)3-8)4-10(14)6-12/h1-3H,4-6,13H2. The van der Waals surface area contributed by atoms with E-state index in [4.69, 9.17) is 28.9 Å². The van der Waals surface area contributed by atoms with E-state index in [1.807, 2.05) is 6.07 Å². The summed E-state index contributed by atoms with van der Waals surface area (Å²) in [4.78, 5) is 11.1. The molecule has 0 heterocycles. The van der Waals surface area contributed by atoms with Crippen molar-refractivity contribution >= 4 is 34.7 Å². The van der Waals surface area contributed by atoms with E-state index in [2.05, 4.69) is 0 Å². The lowest BCUT2D eigenvalue weighted by molar-refractivity contribution is -0.116. The zero-order valence-electron chi connectivity index (χ0n) is 7.59. The van der Waals surface area contributed by atoms with Gasteiger partial charge in [-0.1, -0.05) is 6.07 Å². The van der Waals surface area contributed by atoms with Gasteiger partial charge in [-0.05, 0) is 23.3 Å². The van der Waals surface area contributed by atoms with Gasteiger partial charge in [-0.2, -0.15) is 0 Å². The predicted octanol–water partition coefficient (Wildman–Crippen LogP) is 2.36. The minimum absolute atomic E-state index is 0.0159. The Morgan fingerprint density at radius 2 is 1.86 bits per heavy atom. The molecule has 0 bridgehead atoms. The van der Waals surface area contributed by atoms with Gasteiger partial charge in [0.1, 0.15) is 0 Å². The molecule has 2 nitrogen and oxygen atoms in total. The zero-order chi connectivity index (χ0) is 10.6. The summed E-state index contributed by atoms with van der Waals surface area (Å²) in [5.41, 5.74) is 8.06. The molecular formula is C10H11Cl2NO.